The fraction of sp³-hybridized carbons (Fsp3) is 0.455. The molecule has 1 rings (SSSR count). The molecule has 96 valence electrons. The Morgan fingerprint density at radius 2 is 2.00 bits per heavy atom. The van der Waals surface area contributed by atoms with Crippen LogP contribution in [0.2, 0.25) is 10.0 Å². The van der Waals surface area contributed by atoms with Gasteiger partial charge < -0.3 is 10.8 Å². The van der Waals surface area contributed by atoms with E-state index < -0.39 is 17.9 Å². The van der Waals surface area contributed by atoms with Crippen LogP contribution in [0.1, 0.15) is 18.4 Å². The van der Waals surface area contributed by atoms with E-state index in [9.17, 15) is 13.9 Å². The van der Waals surface area contributed by atoms with E-state index in [-0.39, 0.29) is 11.6 Å². The zero-order valence-electron chi connectivity index (χ0n) is 9.13. The van der Waals surface area contributed by atoms with E-state index in [1.165, 1.54) is 18.2 Å². The first-order valence-electron chi connectivity index (χ1n) is 4.98. The molecule has 1 aromatic rings. The maximum absolute atomic E-state index is 13.1. The van der Waals surface area contributed by atoms with Crippen molar-refractivity contribution in [3.63, 3.8) is 0 Å². The van der Waals surface area contributed by atoms with Crippen molar-refractivity contribution in [2.24, 2.45) is 5.73 Å². The number of hydrogen-bond acceptors (Lipinski definition) is 2. The summed E-state index contributed by atoms with van der Waals surface area (Å²) in [4.78, 5) is 0. The van der Waals surface area contributed by atoms with E-state index in [4.69, 9.17) is 28.9 Å². The number of rotatable bonds is 4. The molecule has 0 spiro atoms. The van der Waals surface area contributed by atoms with E-state index in [0.717, 1.165) is 0 Å². The van der Waals surface area contributed by atoms with Crippen LogP contribution in [-0.2, 0) is 0 Å². The topological polar surface area (TPSA) is 46.2 Å². The van der Waals surface area contributed by atoms with Crippen molar-refractivity contribution >= 4 is 23.2 Å². The highest BCUT2D eigenvalue weighted by Crippen LogP contribution is 2.34. The Kier molecular flexibility index (Phi) is 4.72. The average molecular weight is 284 g/mol. The Hall–Kier alpha value is -0.420. The minimum atomic E-state index is -3.24. The van der Waals surface area contributed by atoms with Crippen LogP contribution in [0.5, 0.6) is 0 Å². The van der Waals surface area contributed by atoms with Crippen molar-refractivity contribution in [1.82, 2.24) is 0 Å². The van der Waals surface area contributed by atoms with E-state index >= 15 is 0 Å². The van der Waals surface area contributed by atoms with Gasteiger partial charge in [-0.05, 0) is 17.7 Å². The molecule has 17 heavy (non-hydrogen) atoms. The summed E-state index contributed by atoms with van der Waals surface area (Å²) in [6, 6.07) is 4.45. The number of nitrogens with two attached hydrogens (primary N) is 1. The largest absolute Gasteiger partial charge is 0.386 e. The number of benzene rings is 1. The fourth-order valence-electron chi connectivity index (χ4n) is 1.58. The lowest BCUT2D eigenvalue weighted by Gasteiger charge is -2.27. The van der Waals surface area contributed by atoms with E-state index in [2.05, 4.69) is 0 Å². The molecule has 0 aliphatic rings. The summed E-state index contributed by atoms with van der Waals surface area (Å²) in [5.74, 6) is -4.17. The molecule has 0 aliphatic heterocycles. The molecule has 0 radical (unpaired) electrons. The predicted molar refractivity (Wildman–Crippen MR) is 64.9 cm³/mol. The third-order valence-electron chi connectivity index (χ3n) is 2.52. The van der Waals surface area contributed by atoms with Crippen LogP contribution < -0.4 is 5.73 Å². The first-order valence-corrected chi connectivity index (χ1v) is 5.74. The molecule has 2 atom stereocenters. The first kappa shape index (κ1) is 14.6. The number of aliphatic hydroxyl groups is 1. The predicted octanol–water partition coefficient (Wildman–Crippen LogP) is 3.05. The zero-order valence-corrected chi connectivity index (χ0v) is 10.6. The van der Waals surface area contributed by atoms with Crippen LogP contribution in [0.25, 0.3) is 0 Å². The van der Waals surface area contributed by atoms with Crippen LogP contribution in [0.3, 0.4) is 0 Å². The Bertz CT molecular complexity index is 396. The van der Waals surface area contributed by atoms with E-state index in [1.807, 2.05) is 0 Å². The van der Waals surface area contributed by atoms with Gasteiger partial charge in [-0.3, -0.25) is 0 Å². The number of hydrogen-bond donors (Lipinski definition) is 2. The smallest absolute Gasteiger partial charge is 0.271 e. The number of aliphatic hydroxyl groups excluding tert-OH is 1. The number of halogens is 4. The van der Waals surface area contributed by atoms with Crippen molar-refractivity contribution in [2.45, 2.75) is 24.9 Å². The average Bonchev–Trinajstić information content (AvgIpc) is 2.20. The minimum Gasteiger partial charge on any atom is -0.386 e. The van der Waals surface area contributed by atoms with Gasteiger partial charge in [0.1, 0.15) is 6.10 Å². The molecule has 3 N–H and O–H groups in total. The van der Waals surface area contributed by atoms with Gasteiger partial charge in [0.2, 0.25) is 0 Å². The van der Waals surface area contributed by atoms with Gasteiger partial charge in [-0.1, -0.05) is 29.3 Å². The monoisotopic (exact) mass is 283 g/mol. The molecule has 0 aromatic heterocycles. The summed E-state index contributed by atoms with van der Waals surface area (Å²) in [6.07, 6.45) is -1.88. The molecular formula is C11H13Cl2F2NO. The molecule has 0 amide bonds. The summed E-state index contributed by atoms with van der Waals surface area (Å²) in [5, 5.41) is 10.2. The van der Waals surface area contributed by atoms with Crippen molar-refractivity contribution in [3.05, 3.63) is 33.8 Å². The third kappa shape index (κ3) is 3.52. The summed E-state index contributed by atoms with van der Waals surface area (Å²) in [6.45, 7) is 0.510. The van der Waals surface area contributed by atoms with Crippen LogP contribution in [0.4, 0.5) is 8.78 Å². The highest BCUT2D eigenvalue weighted by atomic mass is 35.5. The maximum Gasteiger partial charge on any atom is 0.271 e. The highest BCUT2D eigenvalue weighted by molar-refractivity contribution is 6.35. The SMILES string of the molecule is CC(F)(F)C(O)C(CN)c1ccc(Cl)cc1Cl. The minimum absolute atomic E-state index is 0.133. The molecule has 0 aliphatic carbocycles. The van der Waals surface area contributed by atoms with Crippen LogP contribution >= 0.6 is 23.2 Å². The van der Waals surface area contributed by atoms with Gasteiger partial charge in [-0.25, -0.2) is 8.78 Å². The molecule has 0 heterocycles. The zero-order chi connectivity index (χ0) is 13.2. The summed E-state index contributed by atoms with van der Waals surface area (Å²) in [5.41, 5.74) is 5.79. The summed E-state index contributed by atoms with van der Waals surface area (Å²) in [7, 11) is 0. The van der Waals surface area contributed by atoms with Crippen LogP contribution in [-0.4, -0.2) is 23.7 Å². The maximum atomic E-state index is 13.1. The highest BCUT2D eigenvalue weighted by Gasteiger charge is 2.39. The normalized spacial score (nSPS) is 15.7. The molecule has 2 unspecified atom stereocenters. The van der Waals surface area contributed by atoms with Gasteiger partial charge in [0.25, 0.3) is 5.92 Å². The molecule has 0 bridgehead atoms. The lowest BCUT2D eigenvalue weighted by atomic mass is 9.90. The molecule has 1 aromatic carbocycles. The van der Waals surface area contributed by atoms with Gasteiger partial charge in [-0.15, -0.1) is 0 Å². The Labute approximate surface area is 108 Å². The van der Waals surface area contributed by atoms with Crippen LogP contribution in [0, 0.1) is 0 Å². The molecule has 0 saturated heterocycles. The standard InChI is InChI=1S/C11H13Cl2F2NO/c1-11(14,15)10(17)8(5-16)7-3-2-6(12)4-9(7)13/h2-4,8,10,17H,5,16H2,1H3. The fourth-order valence-corrected chi connectivity index (χ4v) is 2.13. The molecule has 0 fully saturated rings. The third-order valence-corrected chi connectivity index (χ3v) is 3.08. The van der Waals surface area contributed by atoms with Gasteiger partial charge >= 0.3 is 0 Å². The van der Waals surface area contributed by atoms with Gasteiger partial charge in [0, 0.05) is 29.4 Å². The van der Waals surface area contributed by atoms with Gasteiger partial charge in [-0.2, -0.15) is 0 Å². The first-order chi connectivity index (χ1) is 7.77. The van der Waals surface area contributed by atoms with Gasteiger partial charge in [0.05, 0.1) is 0 Å². The summed E-state index contributed by atoms with van der Waals surface area (Å²) >= 11 is 11.6. The van der Waals surface area contributed by atoms with Gasteiger partial charge in [0.15, 0.2) is 0 Å². The van der Waals surface area contributed by atoms with Crippen molar-refractivity contribution in [3.8, 4) is 0 Å². The lowest BCUT2D eigenvalue weighted by Crippen LogP contribution is -2.39. The quantitative estimate of drug-likeness (QED) is 0.892. The second kappa shape index (κ2) is 5.48. The number of alkyl halides is 2. The lowest BCUT2D eigenvalue weighted by molar-refractivity contribution is -0.103. The molecular weight excluding hydrogens is 271 g/mol. The second-order valence-corrected chi connectivity index (χ2v) is 4.75. The van der Waals surface area contributed by atoms with E-state index in [1.54, 1.807) is 0 Å². The van der Waals surface area contributed by atoms with Crippen LogP contribution in [0.15, 0.2) is 18.2 Å². The Morgan fingerprint density at radius 3 is 2.41 bits per heavy atom. The second-order valence-electron chi connectivity index (χ2n) is 3.91. The van der Waals surface area contributed by atoms with Crippen molar-refractivity contribution in [2.75, 3.05) is 6.54 Å². The van der Waals surface area contributed by atoms with Crippen molar-refractivity contribution in [1.29, 1.82) is 0 Å². The Balaban J connectivity index is 3.10. The summed E-state index contributed by atoms with van der Waals surface area (Å²) < 4.78 is 26.1. The van der Waals surface area contributed by atoms with E-state index in [0.29, 0.717) is 17.5 Å². The Morgan fingerprint density at radius 1 is 1.41 bits per heavy atom. The molecule has 6 heteroatoms. The molecule has 0 saturated carbocycles. The molecule has 2 nitrogen and oxygen atoms in total. The van der Waals surface area contributed by atoms with Crippen molar-refractivity contribution < 1.29 is 13.9 Å².